The molecule has 1 aromatic heterocycles. The maximum atomic E-state index is 12.6. The van der Waals surface area contributed by atoms with Gasteiger partial charge in [0, 0.05) is 11.9 Å². The Kier molecular flexibility index (Phi) is 5.17. The van der Waals surface area contributed by atoms with E-state index in [9.17, 15) is 4.79 Å². The highest BCUT2D eigenvalue weighted by molar-refractivity contribution is 6.05. The summed E-state index contributed by atoms with van der Waals surface area (Å²) in [5, 5.41) is 6.19. The monoisotopic (exact) mass is 347 g/mol. The Balaban J connectivity index is 1.80. The highest BCUT2D eigenvalue weighted by Crippen LogP contribution is 2.25. The first-order chi connectivity index (χ1) is 12.6. The van der Waals surface area contributed by atoms with Crippen LogP contribution in [0.3, 0.4) is 0 Å². The van der Waals surface area contributed by atoms with Gasteiger partial charge in [-0.2, -0.15) is 0 Å². The molecule has 26 heavy (non-hydrogen) atoms. The predicted octanol–water partition coefficient (Wildman–Crippen LogP) is 4.70. The van der Waals surface area contributed by atoms with Crippen LogP contribution in [0.2, 0.25) is 0 Å². The molecule has 5 heteroatoms. The van der Waals surface area contributed by atoms with Crippen LogP contribution in [-0.4, -0.2) is 18.0 Å². The minimum Gasteiger partial charge on any atom is -0.495 e. The van der Waals surface area contributed by atoms with Crippen molar-refractivity contribution in [3.63, 3.8) is 0 Å². The van der Waals surface area contributed by atoms with Crippen LogP contribution in [0.5, 0.6) is 5.75 Å². The third kappa shape index (κ3) is 4.00. The average molecular weight is 347 g/mol. The van der Waals surface area contributed by atoms with Gasteiger partial charge in [0.15, 0.2) is 0 Å². The summed E-state index contributed by atoms with van der Waals surface area (Å²) in [4.78, 5) is 16.8. The van der Waals surface area contributed by atoms with Crippen molar-refractivity contribution >= 4 is 23.0 Å². The lowest BCUT2D eigenvalue weighted by molar-refractivity contribution is 0.102. The van der Waals surface area contributed by atoms with Crippen molar-refractivity contribution in [2.75, 3.05) is 17.7 Å². The molecule has 0 radical (unpaired) electrons. The number of nitrogens with zero attached hydrogens (tertiary/aromatic N) is 1. The lowest BCUT2D eigenvalue weighted by Crippen LogP contribution is -2.13. The summed E-state index contributed by atoms with van der Waals surface area (Å²) in [6.07, 6.45) is 3.24. The summed E-state index contributed by atoms with van der Waals surface area (Å²) < 4.78 is 5.27. The van der Waals surface area contributed by atoms with E-state index in [1.54, 1.807) is 37.7 Å². The number of methoxy groups -OCH3 is 1. The van der Waals surface area contributed by atoms with E-state index in [-0.39, 0.29) is 5.91 Å². The number of aryl methyl sites for hydroxylation is 2. The van der Waals surface area contributed by atoms with E-state index in [2.05, 4.69) is 33.8 Å². The largest absolute Gasteiger partial charge is 0.495 e. The standard InChI is InChI=1S/C21H21N3O2/c1-14-8-9-15(2)19(10-14)23-17-11-16(12-22-13-17)21(25)24-18-6-4-5-7-20(18)26-3/h4-13,23H,1-3H3,(H,24,25). The number of pyridine rings is 1. The molecular formula is C21H21N3O2. The third-order valence-corrected chi connectivity index (χ3v) is 4.03. The zero-order valence-electron chi connectivity index (χ0n) is 15.0. The van der Waals surface area contributed by atoms with Gasteiger partial charge in [-0.15, -0.1) is 0 Å². The Morgan fingerprint density at radius 1 is 1.00 bits per heavy atom. The minimum absolute atomic E-state index is 0.244. The first kappa shape index (κ1) is 17.5. The third-order valence-electron chi connectivity index (χ3n) is 4.03. The second-order valence-electron chi connectivity index (χ2n) is 6.06. The molecule has 0 aliphatic rings. The molecule has 0 fully saturated rings. The van der Waals surface area contributed by atoms with Gasteiger partial charge in [0.1, 0.15) is 5.75 Å². The Bertz CT molecular complexity index is 938. The molecule has 0 spiro atoms. The number of rotatable bonds is 5. The smallest absolute Gasteiger partial charge is 0.257 e. The number of aromatic nitrogens is 1. The first-order valence-electron chi connectivity index (χ1n) is 8.30. The van der Waals surface area contributed by atoms with Crippen molar-refractivity contribution in [3.05, 3.63) is 77.6 Å². The maximum Gasteiger partial charge on any atom is 0.257 e. The van der Waals surface area contributed by atoms with Crippen LogP contribution >= 0.6 is 0 Å². The van der Waals surface area contributed by atoms with Crippen LogP contribution in [0.15, 0.2) is 60.9 Å². The van der Waals surface area contributed by atoms with E-state index < -0.39 is 0 Å². The molecule has 1 heterocycles. The van der Waals surface area contributed by atoms with Crippen LogP contribution in [-0.2, 0) is 0 Å². The molecule has 3 rings (SSSR count). The predicted molar refractivity (Wildman–Crippen MR) is 104 cm³/mol. The van der Waals surface area contributed by atoms with Crippen molar-refractivity contribution < 1.29 is 9.53 Å². The van der Waals surface area contributed by atoms with Crippen LogP contribution in [0.4, 0.5) is 17.1 Å². The molecule has 0 aliphatic carbocycles. The molecule has 0 saturated heterocycles. The second-order valence-corrected chi connectivity index (χ2v) is 6.06. The number of carbonyl (C=O) groups excluding carboxylic acids is 1. The number of benzene rings is 2. The van der Waals surface area contributed by atoms with Crippen molar-refractivity contribution in [1.82, 2.24) is 4.98 Å². The number of carbonyl (C=O) groups is 1. The fraction of sp³-hybridized carbons (Fsp3) is 0.143. The lowest BCUT2D eigenvalue weighted by Gasteiger charge is -2.12. The first-order valence-corrected chi connectivity index (χ1v) is 8.30. The maximum absolute atomic E-state index is 12.6. The van der Waals surface area contributed by atoms with Gasteiger partial charge in [-0.05, 0) is 49.2 Å². The molecule has 0 unspecified atom stereocenters. The van der Waals surface area contributed by atoms with Gasteiger partial charge >= 0.3 is 0 Å². The summed E-state index contributed by atoms with van der Waals surface area (Å²) in [6, 6.07) is 15.3. The molecule has 2 aromatic carbocycles. The topological polar surface area (TPSA) is 63.2 Å². The molecule has 0 aliphatic heterocycles. The molecule has 1 amide bonds. The molecule has 5 nitrogen and oxygen atoms in total. The van der Waals surface area contributed by atoms with E-state index in [0.717, 1.165) is 22.5 Å². The minimum atomic E-state index is -0.244. The van der Waals surface area contributed by atoms with Crippen molar-refractivity contribution in [2.24, 2.45) is 0 Å². The fourth-order valence-electron chi connectivity index (χ4n) is 2.60. The van der Waals surface area contributed by atoms with Crippen LogP contribution in [0.1, 0.15) is 21.5 Å². The molecular weight excluding hydrogens is 326 g/mol. The van der Waals surface area contributed by atoms with Crippen LogP contribution < -0.4 is 15.4 Å². The summed E-state index contributed by atoms with van der Waals surface area (Å²) in [6.45, 7) is 4.08. The summed E-state index contributed by atoms with van der Waals surface area (Å²) >= 11 is 0. The van der Waals surface area contributed by atoms with Gasteiger partial charge in [-0.1, -0.05) is 24.3 Å². The summed E-state index contributed by atoms with van der Waals surface area (Å²) in [5.41, 5.74) is 5.12. The number of ether oxygens (including phenoxy) is 1. The Labute approximate surface area is 153 Å². The number of para-hydroxylation sites is 2. The zero-order chi connectivity index (χ0) is 18.5. The molecule has 0 atom stereocenters. The van der Waals surface area contributed by atoms with Crippen molar-refractivity contribution in [2.45, 2.75) is 13.8 Å². The lowest BCUT2D eigenvalue weighted by atomic mass is 10.1. The average Bonchev–Trinajstić information content (AvgIpc) is 2.65. The number of hydrogen-bond donors (Lipinski definition) is 2. The van der Waals surface area contributed by atoms with E-state index in [0.29, 0.717) is 17.0 Å². The van der Waals surface area contributed by atoms with Crippen molar-refractivity contribution in [3.8, 4) is 5.75 Å². The normalized spacial score (nSPS) is 10.3. The van der Waals surface area contributed by atoms with E-state index in [1.807, 2.05) is 26.0 Å². The summed E-state index contributed by atoms with van der Waals surface area (Å²) in [7, 11) is 1.57. The Morgan fingerprint density at radius 3 is 2.62 bits per heavy atom. The van der Waals surface area contributed by atoms with Gasteiger partial charge < -0.3 is 15.4 Å². The number of anilines is 3. The summed E-state index contributed by atoms with van der Waals surface area (Å²) in [5.74, 6) is 0.366. The molecule has 0 saturated carbocycles. The van der Waals surface area contributed by atoms with Gasteiger partial charge in [0.05, 0.1) is 30.2 Å². The van der Waals surface area contributed by atoms with E-state index in [1.165, 1.54) is 0 Å². The highest BCUT2D eigenvalue weighted by Gasteiger charge is 2.11. The number of amides is 1. The Hall–Kier alpha value is -3.34. The van der Waals surface area contributed by atoms with E-state index >= 15 is 0 Å². The molecule has 132 valence electrons. The Morgan fingerprint density at radius 2 is 1.81 bits per heavy atom. The van der Waals surface area contributed by atoms with Gasteiger partial charge in [-0.25, -0.2) is 0 Å². The fourth-order valence-corrected chi connectivity index (χ4v) is 2.60. The van der Waals surface area contributed by atoms with Crippen LogP contribution in [0, 0.1) is 13.8 Å². The quantitative estimate of drug-likeness (QED) is 0.702. The highest BCUT2D eigenvalue weighted by atomic mass is 16.5. The van der Waals surface area contributed by atoms with Gasteiger partial charge in [0.2, 0.25) is 0 Å². The van der Waals surface area contributed by atoms with Crippen molar-refractivity contribution in [1.29, 1.82) is 0 Å². The van der Waals surface area contributed by atoms with E-state index in [4.69, 9.17) is 4.74 Å². The number of nitrogens with one attached hydrogen (secondary N) is 2. The molecule has 2 N–H and O–H groups in total. The SMILES string of the molecule is COc1ccccc1NC(=O)c1cncc(Nc2cc(C)ccc2C)c1. The zero-order valence-corrected chi connectivity index (χ0v) is 15.0. The number of hydrogen-bond acceptors (Lipinski definition) is 4. The van der Waals surface area contributed by atoms with Crippen LogP contribution in [0.25, 0.3) is 0 Å². The van der Waals surface area contributed by atoms with Gasteiger partial charge in [0.25, 0.3) is 5.91 Å². The van der Waals surface area contributed by atoms with Gasteiger partial charge in [-0.3, -0.25) is 9.78 Å². The second kappa shape index (κ2) is 7.70. The molecule has 0 bridgehead atoms. The molecule has 3 aromatic rings.